The zero-order valence-corrected chi connectivity index (χ0v) is 16.9. The SMILES string of the molecule is CC(=O)N(c1ccccc1)c1nc(/C=C/C(=O)Nc2cccc(Cl)c2C)cs1. The van der Waals surface area contributed by atoms with Gasteiger partial charge in [0, 0.05) is 29.1 Å². The molecule has 1 heterocycles. The van der Waals surface area contributed by atoms with Gasteiger partial charge in [0.15, 0.2) is 5.13 Å². The highest BCUT2D eigenvalue weighted by molar-refractivity contribution is 7.14. The number of benzene rings is 2. The Morgan fingerprint density at radius 1 is 1.14 bits per heavy atom. The summed E-state index contributed by atoms with van der Waals surface area (Å²) in [4.78, 5) is 30.3. The number of anilines is 3. The number of carbonyl (C=O) groups excluding carboxylic acids is 2. The Balaban J connectivity index is 1.74. The predicted octanol–water partition coefficient (Wildman–Crippen LogP) is 5.44. The van der Waals surface area contributed by atoms with E-state index >= 15 is 0 Å². The highest BCUT2D eigenvalue weighted by atomic mass is 35.5. The first-order valence-corrected chi connectivity index (χ1v) is 9.77. The summed E-state index contributed by atoms with van der Waals surface area (Å²) in [6, 6.07) is 14.6. The van der Waals surface area contributed by atoms with Crippen molar-refractivity contribution in [3.05, 3.63) is 76.3 Å². The summed E-state index contributed by atoms with van der Waals surface area (Å²) in [6.45, 7) is 3.33. The predicted molar refractivity (Wildman–Crippen MR) is 115 cm³/mol. The summed E-state index contributed by atoms with van der Waals surface area (Å²) in [5.41, 5.74) is 2.81. The molecule has 0 aliphatic rings. The molecule has 0 unspecified atom stereocenters. The zero-order valence-electron chi connectivity index (χ0n) is 15.3. The van der Waals surface area contributed by atoms with Crippen molar-refractivity contribution in [3.8, 4) is 0 Å². The lowest BCUT2D eigenvalue weighted by molar-refractivity contribution is -0.116. The van der Waals surface area contributed by atoms with Crippen LogP contribution in [-0.2, 0) is 9.59 Å². The Morgan fingerprint density at radius 2 is 1.89 bits per heavy atom. The van der Waals surface area contributed by atoms with Crippen LogP contribution in [0.15, 0.2) is 60.0 Å². The average molecular weight is 412 g/mol. The number of thiazole rings is 1. The summed E-state index contributed by atoms with van der Waals surface area (Å²) in [5.74, 6) is -0.420. The molecule has 0 aliphatic carbocycles. The van der Waals surface area contributed by atoms with Gasteiger partial charge in [0.05, 0.1) is 11.4 Å². The molecule has 3 aromatic rings. The topological polar surface area (TPSA) is 62.3 Å². The zero-order chi connectivity index (χ0) is 20.1. The molecule has 142 valence electrons. The van der Waals surface area contributed by atoms with E-state index in [1.165, 1.54) is 29.2 Å². The Bertz CT molecular complexity index is 1030. The molecule has 0 spiro atoms. The summed E-state index contributed by atoms with van der Waals surface area (Å²) in [7, 11) is 0. The lowest BCUT2D eigenvalue weighted by atomic mass is 10.2. The van der Waals surface area contributed by atoms with Crippen LogP contribution in [0.5, 0.6) is 0 Å². The maximum absolute atomic E-state index is 12.2. The third-order valence-electron chi connectivity index (χ3n) is 3.96. The number of carbonyl (C=O) groups is 2. The van der Waals surface area contributed by atoms with Crippen molar-refractivity contribution in [2.75, 3.05) is 10.2 Å². The molecule has 0 radical (unpaired) electrons. The largest absolute Gasteiger partial charge is 0.322 e. The van der Waals surface area contributed by atoms with E-state index in [9.17, 15) is 9.59 Å². The Labute approximate surface area is 172 Å². The van der Waals surface area contributed by atoms with Crippen molar-refractivity contribution in [1.29, 1.82) is 0 Å². The summed E-state index contributed by atoms with van der Waals surface area (Å²) >= 11 is 7.40. The minimum Gasteiger partial charge on any atom is -0.322 e. The number of rotatable bonds is 5. The molecule has 1 aromatic heterocycles. The third-order valence-corrected chi connectivity index (χ3v) is 5.21. The van der Waals surface area contributed by atoms with Crippen LogP contribution in [0.1, 0.15) is 18.2 Å². The molecule has 0 fully saturated rings. The molecule has 0 atom stereocenters. The number of halogens is 1. The summed E-state index contributed by atoms with van der Waals surface area (Å²) in [6.07, 6.45) is 3.01. The van der Waals surface area contributed by atoms with Gasteiger partial charge >= 0.3 is 0 Å². The minimum absolute atomic E-state index is 0.134. The number of nitrogens with zero attached hydrogens (tertiary/aromatic N) is 2. The lowest BCUT2D eigenvalue weighted by Gasteiger charge is -2.17. The second-order valence-electron chi connectivity index (χ2n) is 5.98. The number of aromatic nitrogens is 1. The molecule has 2 aromatic carbocycles. The van der Waals surface area contributed by atoms with Crippen LogP contribution in [0, 0.1) is 6.92 Å². The number of para-hydroxylation sites is 1. The van der Waals surface area contributed by atoms with E-state index in [1.54, 1.807) is 29.7 Å². The molecule has 1 N–H and O–H groups in total. The van der Waals surface area contributed by atoms with Gasteiger partial charge in [-0.05, 0) is 42.8 Å². The van der Waals surface area contributed by atoms with Crippen molar-refractivity contribution in [2.45, 2.75) is 13.8 Å². The van der Waals surface area contributed by atoms with Gasteiger partial charge in [-0.2, -0.15) is 0 Å². The molecule has 2 amide bonds. The molecular weight excluding hydrogens is 394 g/mol. The van der Waals surface area contributed by atoms with Gasteiger partial charge in [0.25, 0.3) is 0 Å². The minimum atomic E-state index is -0.286. The van der Waals surface area contributed by atoms with Crippen LogP contribution in [0.25, 0.3) is 6.08 Å². The Morgan fingerprint density at radius 3 is 2.61 bits per heavy atom. The van der Waals surface area contributed by atoms with Gasteiger partial charge in [-0.3, -0.25) is 14.5 Å². The van der Waals surface area contributed by atoms with E-state index in [2.05, 4.69) is 10.3 Å². The monoisotopic (exact) mass is 411 g/mol. The van der Waals surface area contributed by atoms with E-state index in [0.29, 0.717) is 21.5 Å². The molecule has 3 rings (SSSR count). The second kappa shape index (κ2) is 8.82. The quantitative estimate of drug-likeness (QED) is 0.568. The third kappa shape index (κ3) is 4.65. The summed E-state index contributed by atoms with van der Waals surface area (Å²) in [5, 5.41) is 5.73. The van der Waals surface area contributed by atoms with Crippen molar-refractivity contribution in [1.82, 2.24) is 4.98 Å². The van der Waals surface area contributed by atoms with Crippen LogP contribution >= 0.6 is 22.9 Å². The maximum Gasteiger partial charge on any atom is 0.248 e. The van der Waals surface area contributed by atoms with Gasteiger partial charge in [0.2, 0.25) is 11.8 Å². The number of hydrogen-bond acceptors (Lipinski definition) is 4. The van der Waals surface area contributed by atoms with Crippen molar-refractivity contribution < 1.29 is 9.59 Å². The Kier molecular flexibility index (Phi) is 6.23. The number of hydrogen-bond donors (Lipinski definition) is 1. The highest BCUT2D eigenvalue weighted by Crippen LogP contribution is 2.29. The molecule has 0 bridgehead atoms. The first kappa shape index (κ1) is 19.8. The fourth-order valence-electron chi connectivity index (χ4n) is 2.54. The van der Waals surface area contributed by atoms with E-state index < -0.39 is 0 Å². The molecule has 5 nitrogen and oxygen atoms in total. The van der Waals surface area contributed by atoms with Gasteiger partial charge < -0.3 is 5.32 Å². The lowest BCUT2D eigenvalue weighted by Crippen LogP contribution is -2.22. The highest BCUT2D eigenvalue weighted by Gasteiger charge is 2.17. The van der Waals surface area contributed by atoms with E-state index in [0.717, 1.165) is 11.3 Å². The van der Waals surface area contributed by atoms with Crippen molar-refractivity contribution in [2.24, 2.45) is 0 Å². The fourth-order valence-corrected chi connectivity index (χ4v) is 3.57. The van der Waals surface area contributed by atoms with E-state index in [1.807, 2.05) is 37.3 Å². The molecule has 0 saturated carbocycles. The van der Waals surface area contributed by atoms with Gasteiger partial charge in [-0.25, -0.2) is 4.98 Å². The van der Waals surface area contributed by atoms with Crippen LogP contribution < -0.4 is 10.2 Å². The van der Waals surface area contributed by atoms with Crippen LogP contribution in [0.2, 0.25) is 5.02 Å². The average Bonchev–Trinajstić information content (AvgIpc) is 3.13. The first-order chi connectivity index (χ1) is 13.5. The summed E-state index contributed by atoms with van der Waals surface area (Å²) < 4.78 is 0. The van der Waals surface area contributed by atoms with E-state index in [4.69, 9.17) is 11.6 Å². The van der Waals surface area contributed by atoms with Gasteiger partial charge in [0.1, 0.15) is 0 Å². The molecule has 0 saturated heterocycles. The maximum atomic E-state index is 12.2. The fraction of sp³-hybridized carbons (Fsp3) is 0.0952. The molecule has 7 heteroatoms. The van der Waals surface area contributed by atoms with Crippen LogP contribution in [-0.4, -0.2) is 16.8 Å². The second-order valence-corrected chi connectivity index (χ2v) is 7.22. The Hall–Kier alpha value is -2.96. The van der Waals surface area contributed by atoms with Gasteiger partial charge in [-0.15, -0.1) is 11.3 Å². The van der Waals surface area contributed by atoms with E-state index in [-0.39, 0.29) is 11.8 Å². The molecular formula is C21H18ClN3O2S. The standard InChI is InChI=1S/C21H18ClN3O2S/c1-14-18(22)9-6-10-19(14)24-20(27)12-11-16-13-28-21(23-16)25(15(2)26)17-7-4-3-5-8-17/h3-13H,1-2H3,(H,24,27)/b12-11+. The van der Waals surface area contributed by atoms with Crippen LogP contribution in [0.4, 0.5) is 16.5 Å². The smallest absolute Gasteiger partial charge is 0.248 e. The first-order valence-electron chi connectivity index (χ1n) is 8.51. The van der Waals surface area contributed by atoms with Crippen LogP contribution in [0.3, 0.4) is 0 Å². The molecule has 0 aliphatic heterocycles. The number of nitrogens with one attached hydrogen (secondary N) is 1. The molecule has 28 heavy (non-hydrogen) atoms. The van der Waals surface area contributed by atoms with Crippen molar-refractivity contribution in [3.63, 3.8) is 0 Å². The normalized spacial score (nSPS) is 10.8. The van der Waals surface area contributed by atoms with Gasteiger partial charge in [-0.1, -0.05) is 35.9 Å². The number of amides is 2. The van der Waals surface area contributed by atoms with Crippen molar-refractivity contribution >= 4 is 57.3 Å².